The van der Waals surface area contributed by atoms with Gasteiger partial charge in [-0.1, -0.05) is 0 Å². The Balaban J connectivity index is 2.09. The molecule has 142 valence electrons. The first-order chi connectivity index (χ1) is 13.7. The molecule has 0 saturated carbocycles. The van der Waals surface area contributed by atoms with Gasteiger partial charge in [0.2, 0.25) is 0 Å². The van der Waals surface area contributed by atoms with Crippen molar-refractivity contribution in [3.05, 3.63) is 107 Å². The van der Waals surface area contributed by atoms with E-state index in [1.165, 1.54) is 25.7 Å². The van der Waals surface area contributed by atoms with Gasteiger partial charge in [-0.2, -0.15) is 0 Å². The summed E-state index contributed by atoms with van der Waals surface area (Å²) in [6.07, 6.45) is 2.96. The fraction of sp³-hybridized carbons (Fsp3) is 0.0833. The predicted molar refractivity (Wildman–Crippen MR) is 131 cm³/mol. The second kappa shape index (κ2) is 8.05. The van der Waals surface area contributed by atoms with Gasteiger partial charge in [0, 0.05) is 0 Å². The van der Waals surface area contributed by atoms with E-state index in [1.54, 1.807) is 11.8 Å². The number of thioether (sulfide) groups is 1. The molecule has 0 radical (unpaired) electrons. The first kappa shape index (κ1) is 19.7. The third kappa shape index (κ3) is 3.23. The Bertz CT molecular complexity index is 946. The molecule has 0 atom stereocenters. The average molecular weight is 441 g/mol. The second-order valence-electron chi connectivity index (χ2n) is 6.76. The summed E-state index contributed by atoms with van der Waals surface area (Å²) in [5.41, 5.74) is 0. The summed E-state index contributed by atoms with van der Waals surface area (Å²) in [6.45, 7) is 0. The minimum absolute atomic E-state index is 0.818. The van der Waals surface area contributed by atoms with E-state index in [0.29, 0.717) is 0 Å². The number of hydrogen-bond donors (Lipinski definition) is 0. The van der Waals surface area contributed by atoms with E-state index in [4.69, 9.17) is 11.2 Å². The molecule has 0 spiro atoms. The van der Waals surface area contributed by atoms with E-state index in [9.17, 15) is 0 Å². The summed E-state index contributed by atoms with van der Waals surface area (Å²) in [4.78, 5) is 2.68. The quantitative estimate of drug-likeness (QED) is 0.239. The van der Waals surface area contributed by atoms with Crippen LogP contribution in [0.5, 0.6) is 0 Å². The van der Waals surface area contributed by atoms with Crippen LogP contribution in [-0.2, 0) is 6.16 Å². The predicted octanol–water partition coefficient (Wildman–Crippen LogP) is 6.65. The Labute approximate surface area is 180 Å². The fourth-order valence-electron chi connectivity index (χ4n) is 3.83. The van der Waals surface area contributed by atoms with Crippen molar-refractivity contribution in [2.75, 3.05) is 6.26 Å². The third-order valence-corrected chi connectivity index (χ3v) is 14.5. The standard InChI is InChI=1S/C24H22ClPS2/c1-27-23-17-18-28-24(23)19-26(25,20-11-5-2-6-12-20,21-13-7-3-8-14-21)22-15-9-4-10-16-22/h2-18H,19H2,1H3. The van der Waals surface area contributed by atoms with Crippen LogP contribution in [0.1, 0.15) is 4.88 Å². The van der Waals surface area contributed by atoms with Gasteiger partial charge in [-0.05, 0) is 0 Å². The molecule has 0 unspecified atom stereocenters. The molecule has 0 nitrogen and oxygen atoms in total. The molecular weight excluding hydrogens is 419 g/mol. The van der Waals surface area contributed by atoms with Crippen LogP contribution in [0.4, 0.5) is 0 Å². The van der Waals surface area contributed by atoms with Crippen LogP contribution in [0.3, 0.4) is 0 Å². The van der Waals surface area contributed by atoms with E-state index < -0.39 is 5.96 Å². The van der Waals surface area contributed by atoms with Crippen LogP contribution < -0.4 is 15.9 Å². The number of benzene rings is 3. The van der Waals surface area contributed by atoms with Crippen LogP contribution in [-0.4, -0.2) is 6.26 Å². The van der Waals surface area contributed by atoms with Crippen LogP contribution in [0.15, 0.2) is 107 Å². The number of thiophene rings is 1. The normalized spacial score (nSPS) is 13.0. The Morgan fingerprint density at radius 3 is 1.54 bits per heavy atom. The van der Waals surface area contributed by atoms with E-state index in [0.717, 1.165) is 6.16 Å². The van der Waals surface area contributed by atoms with Crippen molar-refractivity contribution in [2.24, 2.45) is 0 Å². The first-order valence-corrected chi connectivity index (χ1v) is 14.6. The maximum atomic E-state index is 8.12. The summed E-state index contributed by atoms with van der Waals surface area (Å²) in [5, 5.41) is 5.83. The van der Waals surface area contributed by atoms with Crippen molar-refractivity contribution >= 4 is 56.2 Å². The molecule has 4 heteroatoms. The monoisotopic (exact) mass is 440 g/mol. The molecular formula is C24H22ClPS2. The van der Waals surface area contributed by atoms with Gasteiger partial charge in [-0.25, -0.2) is 0 Å². The molecule has 1 heterocycles. The topological polar surface area (TPSA) is 0 Å². The zero-order chi connectivity index (χ0) is 19.5. The summed E-state index contributed by atoms with van der Waals surface area (Å²) in [5.74, 6) is -3.22. The SMILES string of the molecule is CSc1ccsc1CP(Cl)(c1ccccc1)(c1ccccc1)c1ccccc1. The molecule has 1 aromatic heterocycles. The molecule has 0 N–H and O–H groups in total. The maximum absolute atomic E-state index is 8.12. The van der Waals surface area contributed by atoms with E-state index in [1.807, 2.05) is 11.3 Å². The van der Waals surface area contributed by atoms with Crippen LogP contribution >= 0.6 is 40.3 Å². The summed E-state index contributed by atoms with van der Waals surface area (Å²) < 4.78 is 0. The fourth-order valence-corrected chi connectivity index (χ4v) is 12.7. The van der Waals surface area contributed by atoms with Gasteiger partial charge in [0.1, 0.15) is 0 Å². The Morgan fingerprint density at radius 1 is 0.714 bits per heavy atom. The zero-order valence-electron chi connectivity index (χ0n) is 15.7. The van der Waals surface area contributed by atoms with E-state index >= 15 is 0 Å². The van der Waals surface area contributed by atoms with Gasteiger partial charge in [0.05, 0.1) is 0 Å². The molecule has 0 bridgehead atoms. The van der Waals surface area contributed by atoms with Crippen molar-refractivity contribution in [1.29, 1.82) is 0 Å². The minimum atomic E-state index is -3.22. The van der Waals surface area contributed by atoms with Gasteiger partial charge in [-0.15, -0.1) is 0 Å². The van der Waals surface area contributed by atoms with Crippen LogP contribution in [0.2, 0.25) is 0 Å². The van der Waals surface area contributed by atoms with Crippen molar-refractivity contribution in [3.8, 4) is 0 Å². The molecule has 0 aliphatic rings. The van der Waals surface area contributed by atoms with Gasteiger partial charge in [0.25, 0.3) is 0 Å². The van der Waals surface area contributed by atoms with Gasteiger partial charge in [0.15, 0.2) is 0 Å². The van der Waals surface area contributed by atoms with Crippen LogP contribution in [0, 0.1) is 0 Å². The molecule has 3 aromatic carbocycles. The van der Waals surface area contributed by atoms with Crippen LogP contribution in [0.25, 0.3) is 0 Å². The molecule has 0 aliphatic carbocycles. The second-order valence-corrected chi connectivity index (χ2v) is 15.1. The van der Waals surface area contributed by atoms with Crippen molar-refractivity contribution in [1.82, 2.24) is 0 Å². The summed E-state index contributed by atoms with van der Waals surface area (Å²) in [6, 6.07) is 34.3. The van der Waals surface area contributed by atoms with E-state index in [2.05, 4.69) is 109 Å². The Kier molecular flexibility index (Phi) is 5.67. The average Bonchev–Trinajstić information content (AvgIpc) is 3.22. The number of halogens is 1. The molecule has 28 heavy (non-hydrogen) atoms. The summed E-state index contributed by atoms with van der Waals surface area (Å²) >= 11 is 11.7. The zero-order valence-corrected chi connectivity index (χ0v) is 18.9. The van der Waals surface area contributed by atoms with Gasteiger partial charge >= 0.3 is 181 Å². The third-order valence-electron chi connectivity index (χ3n) is 5.25. The molecule has 4 rings (SSSR count). The van der Waals surface area contributed by atoms with Gasteiger partial charge < -0.3 is 0 Å². The van der Waals surface area contributed by atoms with Crippen molar-refractivity contribution in [2.45, 2.75) is 11.1 Å². The molecule has 0 amide bonds. The van der Waals surface area contributed by atoms with Crippen molar-refractivity contribution in [3.63, 3.8) is 0 Å². The molecule has 0 aliphatic heterocycles. The first-order valence-electron chi connectivity index (χ1n) is 9.17. The van der Waals surface area contributed by atoms with E-state index in [-0.39, 0.29) is 0 Å². The number of rotatable bonds is 6. The number of hydrogen-bond acceptors (Lipinski definition) is 2. The Hall–Kier alpha value is -1.57. The molecule has 0 saturated heterocycles. The summed E-state index contributed by atoms with van der Waals surface area (Å²) in [7, 11) is 0. The van der Waals surface area contributed by atoms with Crippen molar-refractivity contribution < 1.29 is 0 Å². The molecule has 0 fully saturated rings. The van der Waals surface area contributed by atoms with Gasteiger partial charge in [-0.3, -0.25) is 0 Å². The Morgan fingerprint density at radius 2 is 1.14 bits per heavy atom. The molecule has 4 aromatic rings.